The summed E-state index contributed by atoms with van der Waals surface area (Å²) >= 11 is 0. The van der Waals surface area contributed by atoms with Gasteiger partial charge >= 0.3 is 0 Å². The van der Waals surface area contributed by atoms with E-state index in [4.69, 9.17) is 0 Å². The summed E-state index contributed by atoms with van der Waals surface area (Å²) in [6.45, 7) is 0. The second-order valence-corrected chi connectivity index (χ2v) is 2.98. The number of carbonyl (C=O) groups is 3. The van der Waals surface area contributed by atoms with Crippen LogP contribution in [0.5, 0.6) is 0 Å². The Morgan fingerprint density at radius 3 is 2.50 bits per heavy atom. The van der Waals surface area contributed by atoms with E-state index in [0.29, 0.717) is 17.4 Å². The van der Waals surface area contributed by atoms with Gasteiger partial charge in [-0.2, -0.15) is 0 Å². The molecule has 0 saturated carbocycles. The number of fused-ring (bicyclic) bond motifs is 1. The quantitative estimate of drug-likeness (QED) is 0.447. The summed E-state index contributed by atoms with van der Waals surface area (Å²) in [5.74, 6) is -0.445. The Kier molecular flexibility index (Phi) is 1.85. The summed E-state index contributed by atoms with van der Waals surface area (Å²) in [4.78, 5) is 32.9. The van der Waals surface area contributed by atoms with Crippen LogP contribution in [0.15, 0.2) is 47.1 Å². The third-order valence-electron chi connectivity index (χ3n) is 2.11. The first kappa shape index (κ1) is 8.56. The highest BCUT2D eigenvalue weighted by atomic mass is 16.1. The van der Waals surface area contributed by atoms with Crippen LogP contribution in [-0.2, 0) is 14.4 Å². The van der Waals surface area contributed by atoms with Crippen molar-refractivity contribution in [2.45, 2.75) is 0 Å². The molecule has 0 radical (unpaired) electrons. The minimum Gasteiger partial charge on any atom is -0.298 e. The molecule has 3 nitrogen and oxygen atoms in total. The largest absolute Gasteiger partial charge is 0.298 e. The van der Waals surface area contributed by atoms with Crippen LogP contribution in [0, 0.1) is 0 Å². The van der Waals surface area contributed by atoms with Crippen LogP contribution in [0.3, 0.4) is 0 Å². The average molecular weight is 186 g/mol. The highest BCUT2D eigenvalue weighted by Crippen LogP contribution is 2.25. The SMILES string of the molecule is O=CC1=C2C=CC(=O)C=C2C=CC1=O. The fourth-order valence-corrected chi connectivity index (χ4v) is 1.43. The number of hydrogen-bond donors (Lipinski definition) is 0. The van der Waals surface area contributed by atoms with Crippen molar-refractivity contribution in [3.8, 4) is 0 Å². The maximum atomic E-state index is 11.2. The van der Waals surface area contributed by atoms with E-state index in [1.54, 1.807) is 6.08 Å². The Balaban J connectivity index is 2.61. The minimum absolute atomic E-state index is 0.113. The van der Waals surface area contributed by atoms with Crippen molar-refractivity contribution >= 4 is 17.9 Å². The molecular formula is C11H6O3. The molecule has 0 amide bonds. The molecule has 0 N–H and O–H groups in total. The van der Waals surface area contributed by atoms with E-state index in [0.717, 1.165) is 0 Å². The molecule has 3 heteroatoms. The molecule has 2 aliphatic rings. The van der Waals surface area contributed by atoms with Crippen LogP contribution in [-0.4, -0.2) is 17.9 Å². The Hall–Kier alpha value is -2.03. The fourth-order valence-electron chi connectivity index (χ4n) is 1.43. The highest BCUT2D eigenvalue weighted by Gasteiger charge is 2.20. The van der Waals surface area contributed by atoms with Crippen molar-refractivity contribution in [3.63, 3.8) is 0 Å². The van der Waals surface area contributed by atoms with Gasteiger partial charge in [-0.3, -0.25) is 14.4 Å². The summed E-state index contributed by atoms with van der Waals surface area (Å²) in [5, 5.41) is 0. The molecule has 0 unspecified atom stereocenters. The zero-order valence-corrected chi connectivity index (χ0v) is 7.19. The van der Waals surface area contributed by atoms with Gasteiger partial charge in [-0.15, -0.1) is 0 Å². The van der Waals surface area contributed by atoms with Crippen molar-refractivity contribution in [2.24, 2.45) is 0 Å². The Labute approximate surface area is 80.1 Å². The third kappa shape index (κ3) is 1.19. The number of rotatable bonds is 1. The zero-order valence-electron chi connectivity index (χ0n) is 7.19. The maximum Gasteiger partial charge on any atom is 0.189 e. The monoisotopic (exact) mass is 186 g/mol. The van der Waals surface area contributed by atoms with Gasteiger partial charge in [0.05, 0.1) is 5.57 Å². The van der Waals surface area contributed by atoms with Gasteiger partial charge < -0.3 is 0 Å². The molecule has 14 heavy (non-hydrogen) atoms. The van der Waals surface area contributed by atoms with E-state index in [-0.39, 0.29) is 17.1 Å². The molecule has 0 aromatic carbocycles. The molecule has 0 saturated heterocycles. The lowest BCUT2D eigenvalue weighted by Gasteiger charge is -2.13. The number of carbonyl (C=O) groups excluding carboxylic acids is 3. The topological polar surface area (TPSA) is 51.2 Å². The van der Waals surface area contributed by atoms with E-state index >= 15 is 0 Å². The van der Waals surface area contributed by atoms with Crippen LogP contribution in [0.2, 0.25) is 0 Å². The van der Waals surface area contributed by atoms with E-state index in [2.05, 4.69) is 0 Å². The van der Waals surface area contributed by atoms with Gasteiger partial charge in [-0.25, -0.2) is 0 Å². The first-order valence-corrected chi connectivity index (χ1v) is 4.08. The first-order valence-electron chi connectivity index (χ1n) is 4.08. The normalized spacial score (nSPS) is 19.6. The van der Waals surface area contributed by atoms with Gasteiger partial charge in [-0.1, -0.05) is 6.08 Å². The van der Waals surface area contributed by atoms with Crippen molar-refractivity contribution < 1.29 is 14.4 Å². The first-order chi connectivity index (χ1) is 6.72. The van der Waals surface area contributed by atoms with Gasteiger partial charge in [0.15, 0.2) is 17.9 Å². The molecule has 0 aromatic rings. The van der Waals surface area contributed by atoms with Crippen LogP contribution >= 0.6 is 0 Å². The summed E-state index contributed by atoms with van der Waals surface area (Å²) in [6, 6.07) is 0. The summed E-state index contributed by atoms with van der Waals surface area (Å²) in [6.07, 6.45) is 7.62. The van der Waals surface area contributed by atoms with Gasteiger partial charge in [0.2, 0.25) is 0 Å². The van der Waals surface area contributed by atoms with E-state index in [1.807, 2.05) is 0 Å². The second-order valence-electron chi connectivity index (χ2n) is 2.98. The molecule has 0 spiro atoms. The van der Waals surface area contributed by atoms with Crippen molar-refractivity contribution in [1.29, 1.82) is 0 Å². The standard InChI is InChI=1S/C11H6O3/c12-6-10-9-3-2-8(13)5-7(9)1-4-11(10)14/h1-6H. The van der Waals surface area contributed by atoms with E-state index < -0.39 is 0 Å². The molecule has 2 rings (SSSR count). The molecular weight excluding hydrogens is 180 g/mol. The number of allylic oxidation sites excluding steroid dienone is 8. The van der Waals surface area contributed by atoms with Crippen molar-refractivity contribution in [2.75, 3.05) is 0 Å². The Morgan fingerprint density at radius 1 is 1.00 bits per heavy atom. The highest BCUT2D eigenvalue weighted by molar-refractivity contribution is 6.21. The Bertz CT molecular complexity index is 459. The predicted molar refractivity (Wildman–Crippen MR) is 49.5 cm³/mol. The van der Waals surface area contributed by atoms with Gasteiger partial charge in [-0.05, 0) is 35.5 Å². The lowest BCUT2D eigenvalue weighted by molar-refractivity contribution is -0.114. The summed E-state index contributed by atoms with van der Waals surface area (Å²) < 4.78 is 0. The number of hydrogen-bond acceptors (Lipinski definition) is 3. The molecule has 0 bridgehead atoms. The summed E-state index contributed by atoms with van der Waals surface area (Å²) in [5.41, 5.74) is 1.27. The maximum absolute atomic E-state index is 11.2. The van der Waals surface area contributed by atoms with Crippen molar-refractivity contribution in [1.82, 2.24) is 0 Å². The second kappa shape index (κ2) is 3.03. The number of ketones is 2. The molecule has 0 aliphatic heterocycles. The van der Waals surface area contributed by atoms with E-state index in [1.165, 1.54) is 24.3 Å². The molecule has 0 heterocycles. The van der Waals surface area contributed by atoms with Gasteiger partial charge in [0.1, 0.15) is 0 Å². The van der Waals surface area contributed by atoms with Gasteiger partial charge in [0, 0.05) is 0 Å². The molecule has 68 valence electrons. The fraction of sp³-hybridized carbons (Fsp3) is 0. The number of aldehydes is 1. The lowest BCUT2D eigenvalue weighted by Crippen LogP contribution is -2.12. The van der Waals surface area contributed by atoms with Crippen LogP contribution in [0.4, 0.5) is 0 Å². The zero-order chi connectivity index (χ0) is 10.1. The van der Waals surface area contributed by atoms with Gasteiger partial charge in [0.25, 0.3) is 0 Å². The molecule has 2 aliphatic carbocycles. The molecule has 0 fully saturated rings. The van der Waals surface area contributed by atoms with Crippen molar-refractivity contribution in [3.05, 3.63) is 47.1 Å². The molecule has 0 atom stereocenters. The van der Waals surface area contributed by atoms with E-state index in [9.17, 15) is 14.4 Å². The van der Waals surface area contributed by atoms with Crippen LogP contribution < -0.4 is 0 Å². The predicted octanol–water partition coefficient (Wildman–Crippen LogP) is 0.686. The van der Waals surface area contributed by atoms with Crippen LogP contribution in [0.25, 0.3) is 0 Å². The smallest absolute Gasteiger partial charge is 0.189 e. The molecule has 0 aromatic heterocycles. The Morgan fingerprint density at radius 2 is 1.79 bits per heavy atom. The lowest BCUT2D eigenvalue weighted by atomic mass is 9.88. The third-order valence-corrected chi connectivity index (χ3v) is 2.11. The van der Waals surface area contributed by atoms with Crippen LogP contribution in [0.1, 0.15) is 0 Å². The minimum atomic E-state index is -0.314. The summed E-state index contributed by atoms with van der Waals surface area (Å²) in [7, 11) is 0. The average Bonchev–Trinajstić information content (AvgIpc) is 2.18.